The second-order valence-electron chi connectivity index (χ2n) is 4.18. The molecule has 88 valence electrons. The van der Waals surface area contributed by atoms with E-state index in [9.17, 15) is 4.79 Å². The lowest BCUT2D eigenvalue weighted by Crippen LogP contribution is -2.16. The monoisotopic (exact) mass is 223 g/mol. The van der Waals surface area contributed by atoms with E-state index in [0.717, 1.165) is 18.0 Å². The summed E-state index contributed by atoms with van der Waals surface area (Å²) in [6.45, 7) is 1.66. The zero-order valence-electron chi connectivity index (χ0n) is 9.49. The van der Waals surface area contributed by atoms with Crippen molar-refractivity contribution < 1.29 is 13.9 Å². The van der Waals surface area contributed by atoms with Crippen LogP contribution in [0.25, 0.3) is 0 Å². The Kier molecular flexibility index (Phi) is 3.62. The molecule has 1 N–H and O–H groups in total. The highest BCUT2D eigenvalue weighted by atomic mass is 16.5. The molecule has 16 heavy (non-hydrogen) atoms. The molecule has 0 amide bonds. The standard InChI is InChI=1S/C12H17NO3/c1-15-12(14)11-10(5-7-16-11)8-13-6-4-9-2-3-9/h5,7,9,13H,2-4,6,8H2,1H3. The van der Waals surface area contributed by atoms with Crippen molar-refractivity contribution in [1.82, 2.24) is 5.32 Å². The van der Waals surface area contributed by atoms with E-state index in [1.807, 2.05) is 0 Å². The van der Waals surface area contributed by atoms with Crippen molar-refractivity contribution >= 4 is 5.97 Å². The van der Waals surface area contributed by atoms with Crippen molar-refractivity contribution in [2.24, 2.45) is 5.92 Å². The molecule has 1 saturated carbocycles. The van der Waals surface area contributed by atoms with Crippen molar-refractivity contribution in [2.75, 3.05) is 13.7 Å². The van der Waals surface area contributed by atoms with E-state index < -0.39 is 5.97 Å². The van der Waals surface area contributed by atoms with Gasteiger partial charge >= 0.3 is 5.97 Å². The molecule has 1 fully saturated rings. The summed E-state index contributed by atoms with van der Waals surface area (Å²) in [6, 6.07) is 1.80. The fourth-order valence-electron chi connectivity index (χ4n) is 1.68. The minimum absolute atomic E-state index is 0.307. The summed E-state index contributed by atoms with van der Waals surface area (Å²) in [5.74, 6) is 0.822. The number of carbonyl (C=O) groups excluding carboxylic acids is 1. The molecule has 0 unspecified atom stereocenters. The molecule has 0 aromatic carbocycles. The average molecular weight is 223 g/mol. The van der Waals surface area contributed by atoms with E-state index in [1.165, 1.54) is 32.6 Å². The summed E-state index contributed by atoms with van der Waals surface area (Å²) < 4.78 is 9.72. The van der Waals surface area contributed by atoms with E-state index in [4.69, 9.17) is 4.42 Å². The van der Waals surface area contributed by atoms with Crippen LogP contribution in [0, 0.1) is 5.92 Å². The van der Waals surface area contributed by atoms with E-state index in [0.29, 0.717) is 12.3 Å². The Balaban J connectivity index is 1.78. The van der Waals surface area contributed by atoms with Crippen LogP contribution < -0.4 is 5.32 Å². The maximum atomic E-state index is 11.3. The minimum atomic E-state index is -0.413. The second kappa shape index (κ2) is 5.16. The lowest BCUT2D eigenvalue weighted by molar-refractivity contribution is 0.0563. The third-order valence-corrected chi connectivity index (χ3v) is 2.86. The van der Waals surface area contributed by atoms with Crippen molar-refractivity contribution in [3.8, 4) is 0 Å². The number of ether oxygens (including phenoxy) is 1. The fraction of sp³-hybridized carbons (Fsp3) is 0.583. The normalized spacial score (nSPS) is 15.1. The molecule has 1 aliphatic carbocycles. The number of carbonyl (C=O) groups is 1. The molecule has 0 atom stereocenters. The molecule has 4 heteroatoms. The van der Waals surface area contributed by atoms with Crippen LogP contribution in [-0.4, -0.2) is 19.6 Å². The van der Waals surface area contributed by atoms with Crippen LogP contribution >= 0.6 is 0 Å². The highest BCUT2D eigenvalue weighted by Gasteiger charge is 2.20. The number of nitrogens with one attached hydrogen (secondary N) is 1. The van der Waals surface area contributed by atoms with Crippen molar-refractivity contribution in [3.63, 3.8) is 0 Å². The van der Waals surface area contributed by atoms with Gasteiger partial charge in [0.25, 0.3) is 0 Å². The van der Waals surface area contributed by atoms with Gasteiger partial charge in [0.05, 0.1) is 13.4 Å². The van der Waals surface area contributed by atoms with E-state index >= 15 is 0 Å². The van der Waals surface area contributed by atoms with Crippen molar-refractivity contribution in [2.45, 2.75) is 25.8 Å². The molecular formula is C12H17NO3. The van der Waals surface area contributed by atoms with Crippen molar-refractivity contribution in [1.29, 1.82) is 0 Å². The summed E-state index contributed by atoms with van der Waals surface area (Å²) in [5, 5.41) is 3.31. The molecule has 0 spiro atoms. The molecule has 1 aromatic heterocycles. The van der Waals surface area contributed by atoms with Gasteiger partial charge in [0.1, 0.15) is 0 Å². The van der Waals surface area contributed by atoms with Crippen LogP contribution in [0.1, 0.15) is 35.4 Å². The Morgan fingerprint density at radius 3 is 3.12 bits per heavy atom. The molecule has 0 aliphatic heterocycles. The lowest BCUT2D eigenvalue weighted by atomic mass is 10.2. The van der Waals surface area contributed by atoms with Gasteiger partial charge in [-0.2, -0.15) is 0 Å². The second-order valence-corrected chi connectivity index (χ2v) is 4.18. The quantitative estimate of drug-likeness (QED) is 0.591. The van der Waals surface area contributed by atoms with Crippen LogP contribution in [0.5, 0.6) is 0 Å². The lowest BCUT2D eigenvalue weighted by Gasteiger charge is -2.03. The first-order valence-corrected chi connectivity index (χ1v) is 5.66. The first-order valence-electron chi connectivity index (χ1n) is 5.66. The number of furan rings is 1. The highest BCUT2D eigenvalue weighted by molar-refractivity contribution is 5.87. The zero-order valence-corrected chi connectivity index (χ0v) is 9.49. The van der Waals surface area contributed by atoms with E-state index in [2.05, 4.69) is 10.1 Å². The van der Waals surface area contributed by atoms with Crippen LogP contribution in [0.2, 0.25) is 0 Å². The topological polar surface area (TPSA) is 51.5 Å². The zero-order chi connectivity index (χ0) is 11.4. The predicted octanol–water partition coefficient (Wildman–Crippen LogP) is 1.96. The van der Waals surface area contributed by atoms with Gasteiger partial charge in [0.15, 0.2) is 0 Å². The largest absolute Gasteiger partial charge is 0.463 e. The van der Waals surface area contributed by atoms with E-state index in [-0.39, 0.29) is 0 Å². The summed E-state index contributed by atoms with van der Waals surface area (Å²) in [5.41, 5.74) is 0.864. The number of methoxy groups -OCH3 is 1. The van der Waals surface area contributed by atoms with Gasteiger partial charge in [-0.1, -0.05) is 12.8 Å². The summed E-state index contributed by atoms with van der Waals surface area (Å²) in [6.07, 6.45) is 5.50. The van der Waals surface area contributed by atoms with Crippen LogP contribution in [0.15, 0.2) is 16.7 Å². The average Bonchev–Trinajstić information content (AvgIpc) is 3.01. The van der Waals surface area contributed by atoms with Gasteiger partial charge in [-0.15, -0.1) is 0 Å². The summed E-state index contributed by atoms with van der Waals surface area (Å²) >= 11 is 0. The Labute approximate surface area is 95.0 Å². The highest BCUT2D eigenvalue weighted by Crippen LogP contribution is 2.31. The first kappa shape index (κ1) is 11.2. The van der Waals surface area contributed by atoms with Gasteiger partial charge in [0.2, 0.25) is 5.76 Å². The molecule has 0 bridgehead atoms. The Bertz CT molecular complexity index is 355. The summed E-state index contributed by atoms with van der Waals surface area (Å²) in [4.78, 5) is 11.3. The molecule has 0 radical (unpaired) electrons. The number of hydrogen-bond acceptors (Lipinski definition) is 4. The molecule has 2 rings (SSSR count). The molecule has 0 saturated heterocycles. The smallest absolute Gasteiger partial charge is 0.374 e. The molecule has 1 aliphatic rings. The predicted molar refractivity (Wildman–Crippen MR) is 59.1 cm³/mol. The van der Waals surface area contributed by atoms with Gasteiger partial charge in [-0.3, -0.25) is 0 Å². The molecule has 1 heterocycles. The number of hydrogen-bond donors (Lipinski definition) is 1. The third kappa shape index (κ3) is 2.85. The maximum Gasteiger partial charge on any atom is 0.374 e. The molecule has 1 aromatic rings. The van der Waals surface area contributed by atoms with Crippen molar-refractivity contribution in [3.05, 3.63) is 23.7 Å². The van der Waals surface area contributed by atoms with Gasteiger partial charge in [0, 0.05) is 12.1 Å². The van der Waals surface area contributed by atoms with Crippen LogP contribution in [0.4, 0.5) is 0 Å². The maximum absolute atomic E-state index is 11.3. The number of rotatable bonds is 6. The van der Waals surface area contributed by atoms with Gasteiger partial charge in [-0.25, -0.2) is 4.79 Å². The third-order valence-electron chi connectivity index (χ3n) is 2.86. The van der Waals surface area contributed by atoms with Gasteiger partial charge < -0.3 is 14.5 Å². The summed E-state index contributed by atoms with van der Waals surface area (Å²) in [7, 11) is 1.36. The Morgan fingerprint density at radius 2 is 2.44 bits per heavy atom. The van der Waals surface area contributed by atoms with Crippen LogP contribution in [-0.2, 0) is 11.3 Å². The molecular weight excluding hydrogens is 206 g/mol. The first-order chi connectivity index (χ1) is 7.81. The number of esters is 1. The minimum Gasteiger partial charge on any atom is -0.463 e. The SMILES string of the molecule is COC(=O)c1occc1CNCCC1CC1. The van der Waals surface area contributed by atoms with E-state index in [1.54, 1.807) is 6.07 Å². The molecule has 4 nitrogen and oxygen atoms in total. The fourth-order valence-corrected chi connectivity index (χ4v) is 1.68. The Hall–Kier alpha value is -1.29. The van der Waals surface area contributed by atoms with Gasteiger partial charge in [-0.05, 0) is 24.9 Å². The van der Waals surface area contributed by atoms with Crippen LogP contribution in [0.3, 0.4) is 0 Å². The Morgan fingerprint density at radius 1 is 1.62 bits per heavy atom.